The molecule has 1 aromatic carbocycles. The highest BCUT2D eigenvalue weighted by Gasteiger charge is 2.25. The minimum absolute atomic E-state index is 0.00224. The van der Waals surface area contributed by atoms with Gasteiger partial charge in [0.05, 0.1) is 11.6 Å². The molecule has 1 rings (SSSR count). The number of hydrogen-bond acceptors (Lipinski definition) is 4. The second-order valence-electron chi connectivity index (χ2n) is 4.00. The van der Waals surface area contributed by atoms with Crippen LogP contribution in [0.2, 0.25) is 5.02 Å². The van der Waals surface area contributed by atoms with E-state index in [9.17, 15) is 8.42 Å². The molecule has 0 radical (unpaired) electrons. The van der Waals surface area contributed by atoms with E-state index in [-0.39, 0.29) is 21.5 Å². The number of halogens is 1. The number of hydrogen-bond donors (Lipinski definition) is 1. The summed E-state index contributed by atoms with van der Waals surface area (Å²) in [5, 5.41) is 0.140. The number of likely N-dealkylation sites (N-methyl/N-ethyl adjacent to an activating group) is 1. The molecule has 2 N–H and O–H groups in total. The van der Waals surface area contributed by atoms with E-state index < -0.39 is 10.0 Å². The Kier molecular flexibility index (Phi) is 6.35. The summed E-state index contributed by atoms with van der Waals surface area (Å²) in [6.07, 6.45) is 0. The molecule has 0 saturated heterocycles. The number of thiocarbonyl (C=S) groups is 1. The lowest BCUT2D eigenvalue weighted by molar-refractivity contribution is 0.180. The number of rotatable bonds is 7. The molecule has 112 valence electrons. The van der Waals surface area contributed by atoms with Gasteiger partial charge in [-0.15, -0.1) is 0 Å². The summed E-state index contributed by atoms with van der Waals surface area (Å²) in [5.41, 5.74) is 5.99. The van der Waals surface area contributed by atoms with Gasteiger partial charge in [-0.05, 0) is 12.1 Å². The molecular formula is C12H17ClN2O3S2. The van der Waals surface area contributed by atoms with Gasteiger partial charge in [-0.25, -0.2) is 8.42 Å². The Morgan fingerprint density at radius 3 is 2.65 bits per heavy atom. The Morgan fingerprint density at radius 1 is 1.50 bits per heavy atom. The molecular weight excluding hydrogens is 320 g/mol. The van der Waals surface area contributed by atoms with Crippen LogP contribution < -0.4 is 5.73 Å². The van der Waals surface area contributed by atoms with Crippen LogP contribution in [0.15, 0.2) is 23.1 Å². The summed E-state index contributed by atoms with van der Waals surface area (Å²) in [7, 11) is -2.19. The van der Waals surface area contributed by atoms with Crippen LogP contribution in [0.3, 0.4) is 0 Å². The first-order valence-electron chi connectivity index (χ1n) is 5.93. The molecule has 0 fully saturated rings. The zero-order valence-electron chi connectivity index (χ0n) is 11.3. The van der Waals surface area contributed by atoms with Gasteiger partial charge in [0.25, 0.3) is 0 Å². The van der Waals surface area contributed by atoms with E-state index in [1.165, 1.54) is 23.5 Å². The number of nitrogens with zero attached hydrogens (tertiary/aromatic N) is 1. The maximum atomic E-state index is 12.6. The largest absolute Gasteiger partial charge is 0.389 e. The molecule has 0 aliphatic rings. The smallest absolute Gasteiger partial charge is 0.244 e. The zero-order chi connectivity index (χ0) is 15.3. The Bertz CT molecular complexity index is 590. The summed E-state index contributed by atoms with van der Waals surface area (Å²) in [6.45, 7) is 2.63. The van der Waals surface area contributed by atoms with Gasteiger partial charge in [0, 0.05) is 25.8 Å². The fourth-order valence-corrected chi connectivity index (χ4v) is 3.70. The zero-order valence-corrected chi connectivity index (χ0v) is 13.7. The predicted molar refractivity (Wildman–Crippen MR) is 83.6 cm³/mol. The van der Waals surface area contributed by atoms with Gasteiger partial charge in [-0.3, -0.25) is 0 Å². The van der Waals surface area contributed by atoms with Gasteiger partial charge >= 0.3 is 0 Å². The summed E-state index contributed by atoms with van der Waals surface area (Å²) in [4.78, 5) is 0.125. The summed E-state index contributed by atoms with van der Waals surface area (Å²) in [6, 6.07) is 4.47. The van der Waals surface area contributed by atoms with Crippen molar-refractivity contribution in [2.45, 2.75) is 11.8 Å². The van der Waals surface area contributed by atoms with E-state index in [0.29, 0.717) is 18.7 Å². The van der Waals surface area contributed by atoms with Crippen LogP contribution in [0.5, 0.6) is 0 Å². The Hall–Kier alpha value is -0.730. The minimum Gasteiger partial charge on any atom is -0.389 e. The summed E-state index contributed by atoms with van der Waals surface area (Å²) >= 11 is 10.9. The van der Waals surface area contributed by atoms with E-state index in [2.05, 4.69) is 0 Å². The van der Waals surface area contributed by atoms with Crippen LogP contribution >= 0.6 is 23.8 Å². The first-order valence-corrected chi connectivity index (χ1v) is 8.15. The molecule has 0 spiro atoms. The molecule has 0 aliphatic heterocycles. The lowest BCUT2D eigenvalue weighted by Gasteiger charge is -2.21. The van der Waals surface area contributed by atoms with E-state index in [4.69, 9.17) is 34.3 Å². The second kappa shape index (κ2) is 7.33. The quantitative estimate of drug-likeness (QED) is 0.766. The van der Waals surface area contributed by atoms with Gasteiger partial charge in [-0.2, -0.15) is 4.31 Å². The molecule has 0 amide bonds. The van der Waals surface area contributed by atoms with Crippen LogP contribution in [0.25, 0.3) is 0 Å². The second-order valence-corrected chi connectivity index (χ2v) is 6.75. The van der Waals surface area contributed by atoms with Gasteiger partial charge in [0.1, 0.15) is 9.88 Å². The molecule has 0 unspecified atom stereocenters. The number of benzene rings is 1. The molecule has 0 atom stereocenters. The van der Waals surface area contributed by atoms with Crippen LogP contribution in [0.4, 0.5) is 0 Å². The molecule has 5 nitrogen and oxygen atoms in total. The SMILES string of the molecule is CCN(CCOC)S(=O)(=O)c1cc(C(N)=S)ccc1Cl. The van der Waals surface area contributed by atoms with Gasteiger partial charge < -0.3 is 10.5 Å². The third-order valence-corrected chi connectivity index (χ3v) is 5.42. The number of sulfonamides is 1. The standard InChI is InChI=1S/C12H17ClN2O3S2/c1-3-15(6-7-18-2)20(16,17)11-8-9(12(14)19)4-5-10(11)13/h4-5,8H,3,6-7H2,1-2H3,(H2,14,19). The molecule has 8 heteroatoms. The molecule has 0 aromatic heterocycles. The van der Waals surface area contributed by atoms with Crippen LogP contribution in [-0.4, -0.2) is 44.5 Å². The van der Waals surface area contributed by atoms with Crippen molar-refractivity contribution in [1.82, 2.24) is 4.31 Å². The maximum absolute atomic E-state index is 12.6. The third-order valence-electron chi connectivity index (χ3n) is 2.73. The highest BCUT2D eigenvalue weighted by Crippen LogP contribution is 2.25. The fourth-order valence-electron chi connectivity index (χ4n) is 1.63. The van der Waals surface area contributed by atoms with Crippen molar-refractivity contribution >= 4 is 38.8 Å². The van der Waals surface area contributed by atoms with Gasteiger partial charge in [0.15, 0.2) is 0 Å². The van der Waals surface area contributed by atoms with Crippen molar-refractivity contribution in [3.05, 3.63) is 28.8 Å². The third kappa shape index (κ3) is 3.89. The first kappa shape index (κ1) is 17.3. The molecule has 1 aromatic rings. The Morgan fingerprint density at radius 2 is 2.15 bits per heavy atom. The van der Waals surface area contributed by atoms with Crippen LogP contribution in [0, 0.1) is 0 Å². The average molecular weight is 337 g/mol. The minimum atomic E-state index is -3.70. The number of nitrogens with two attached hydrogens (primary N) is 1. The predicted octanol–water partition coefficient (Wildman–Crippen LogP) is 1.63. The topological polar surface area (TPSA) is 72.6 Å². The van der Waals surface area contributed by atoms with Crippen molar-refractivity contribution in [2.75, 3.05) is 26.8 Å². The Balaban J connectivity index is 3.26. The van der Waals surface area contributed by atoms with Crippen molar-refractivity contribution < 1.29 is 13.2 Å². The van der Waals surface area contributed by atoms with Gasteiger partial charge in [0.2, 0.25) is 10.0 Å². The fraction of sp³-hybridized carbons (Fsp3) is 0.417. The summed E-state index contributed by atoms with van der Waals surface area (Å²) in [5.74, 6) is 0. The van der Waals surface area contributed by atoms with E-state index in [0.717, 1.165) is 0 Å². The van der Waals surface area contributed by atoms with E-state index >= 15 is 0 Å². The maximum Gasteiger partial charge on any atom is 0.244 e. The molecule has 0 saturated carbocycles. The molecule has 20 heavy (non-hydrogen) atoms. The Labute approximate surface area is 129 Å². The van der Waals surface area contributed by atoms with Crippen molar-refractivity contribution in [3.63, 3.8) is 0 Å². The van der Waals surface area contributed by atoms with Crippen LogP contribution in [-0.2, 0) is 14.8 Å². The normalized spacial score (nSPS) is 11.8. The van der Waals surface area contributed by atoms with Crippen molar-refractivity contribution in [3.8, 4) is 0 Å². The average Bonchev–Trinajstić information content (AvgIpc) is 2.39. The van der Waals surface area contributed by atoms with E-state index in [1.54, 1.807) is 13.0 Å². The number of methoxy groups -OCH3 is 1. The van der Waals surface area contributed by atoms with Crippen LogP contribution in [0.1, 0.15) is 12.5 Å². The molecule has 0 bridgehead atoms. The summed E-state index contributed by atoms with van der Waals surface area (Å²) < 4.78 is 31.3. The van der Waals surface area contributed by atoms with Crippen molar-refractivity contribution in [1.29, 1.82) is 0 Å². The monoisotopic (exact) mass is 336 g/mol. The lowest BCUT2D eigenvalue weighted by Crippen LogP contribution is -2.34. The van der Waals surface area contributed by atoms with E-state index in [1.807, 2.05) is 0 Å². The molecule has 0 aliphatic carbocycles. The first-order chi connectivity index (χ1) is 9.34. The highest BCUT2D eigenvalue weighted by molar-refractivity contribution is 7.89. The van der Waals surface area contributed by atoms with Gasteiger partial charge in [-0.1, -0.05) is 36.8 Å². The van der Waals surface area contributed by atoms with Crippen molar-refractivity contribution in [2.24, 2.45) is 5.73 Å². The highest BCUT2D eigenvalue weighted by atomic mass is 35.5. The number of ether oxygens (including phenoxy) is 1. The molecule has 0 heterocycles. The lowest BCUT2D eigenvalue weighted by atomic mass is 10.2.